The Morgan fingerprint density at radius 1 is 1.21 bits per heavy atom. The molecule has 0 saturated carbocycles. The Morgan fingerprint density at radius 3 is 2.57 bits per heavy atom. The number of thiophene rings is 1. The number of carbonyl (C=O) groups excluding carboxylic acids is 1. The van der Waals surface area contributed by atoms with Crippen LogP contribution in [0.5, 0.6) is 0 Å². The van der Waals surface area contributed by atoms with Crippen molar-refractivity contribution in [2.75, 3.05) is 19.6 Å². The molecule has 0 aromatic carbocycles. The summed E-state index contributed by atoms with van der Waals surface area (Å²) >= 11 is 1.66. The number of amides is 1. The van der Waals surface area contributed by atoms with Crippen LogP contribution < -0.4 is 0 Å². The maximum atomic E-state index is 13.1. The predicted octanol–water partition coefficient (Wildman–Crippen LogP) is 3.12. The van der Waals surface area contributed by atoms with Crippen LogP contribution in [0.2, 0.25) is 0 Å². The summed E-state index contributed by atoms with van der Waals surface area (Å²) in [5.74, 6) is 0.366. The van der Waals surface area contributed by atoms with Gasteiger partial charge in [-0.2, -0.15) is 15.6 Å². The fourth-order valence-corrected chi connectivity index (χ4v) is 6.86. The van der Waals surface area contributed by atoms with Crippen LogP contribution in [0.25, 0.3) is 0 Å². The first-order valence-corrected chi connectivity index (χ1v) is 12.0. The first kappa shape index (κ1) is 19.6. The topological polar surface area (TPSA) is 83.7 Å². The highest BCUT2D eigenvalue weighted by molar-refractivity contribution is 7.89. The van der Waals surface area contributed by atoms with Gasteiger partial charge in [0.2, 0.25) is 15.9 Å². The van der Waals surface area contributed by atoms with E-state index in [1.54, 1.807) is 25.2 Å². The maximum absolute atomic E-state index is 13.1. The average molecular weight is 424 g/mol. The normalized spacial score (nSPS) is 22.1. The molecule has 1 unspecified atom stereocenters. The molecule has 2 aliphatic heterocycles. The van der Waals surface area contributed by atoms with E-state index in [-0.39, 0.29) is 22.8 Å². The molecule has 2 fully saturated rings. The molecule has 7 nitrogen and oxygen atoms in total. The molecule has 2 aromatic rings. The van der Waals surface area contributed by atoms with Gasteiger partial charge in [0.1, 0.15) is 10.6 Å². The van der Waals surface area contributed by atoms with Gasteiger partial charge >= 0.3 is 0 Å². The lowest BCUT2D eigenvalue weighted by atomic mass is 9.95. The van der Waals surface area contributed by atoms with Crippen molar-refractivity contribution in [1.82, 2.24) is 14.4 Å². The predicted molar refractivity (Wildman–Crippen MR) is 105 cm³/mol. The van der Waals surface area contributed by atoms with Crippen LogP contribution in [0.1, 0.15) is 48.7 Å². The molecule has 2 saturated heterocycles. The van der Waals surface area contributed by atoms with Crippen molar-refractivity contribution < 1.29 is 17.7 Å². The zero-order valence-corrected chi connectivity index (χ0v) is 17.8. The van der Waals surface area contributed by atoms with Gasteiger partial charge in [-0.3, -0.25) is 4.79 Å². The Morgan fingerprint density at radius 2 is 1.96 bits per heavy atom. The van der Waals surface area contributed by atoms with E-state index in [1.165, 1.54) is 9.87 Å². The Hall–Kier alpha value is -1.71. The molecule has 0 aliphatic carbocycles. The van der Waals surface area contributed by atoms with Crippen molar-refractivity contribution in [2.24, 2.45) is 5.92 Å². The Kier molecular flexibility index (Phi) is 5.32. The number of aryl methyl sites for hydroxylation is 2. The van der Waals surface area contributed by atoms with Crippen molar-refractivity contribution >= 4 is 27.3 Å². The van der Waals surface area contributed by atoms with Gasteiger partial charge in [0.05, 0.1) is 6.04 Å². The first-order chi connectivity index (χ1) is 13.4. The van der Waals surface area contributed by atoms with E-state index in [2.05, 4.69) is 16.6 Å². The molecule has 0 bridgehead atoms. The molecule has 0 radical (unpaired) electrons. The van der Waals surface area contributed by atoms with Crippen LogP contribution in [-0.2, 0) is 14.8 Å². The lowest BCUT2D eigenvalue weighted by molar-refractivity contribution is -0.137. The van der Waals surface area contributed by atoms with Crippen LogP contribution in [0.3, 0.4) is 0 Å². The highest BCUT2D eigenvalue weighted by Crippen LogP contribution is 2.36. The lowest BCUT2D eigenvalue weighted by Gasteiger charge is -2.34. The summed E-state index contributed by atoms with van der Waals surface area (Å²) in [7, 11) is -3.64. The van der Waals surface area contributed by atoms with Crippen LogP contribution in [-0.4, -0.2) is 48.3 Å². The van der Waals surface area contributed by atoms with E-state index in [1.807, 2.05) is 10.3 Å². The number of piperidine rings is 1. The number of carbonyl (C=O) groups is 1. The van der Waals surface area contributed by atoms with Crippen molar-refractivity contribution in [1.29, 1.82) is 0 Å². The number of nitrogens with zero attached hydrogens (tertiary/aromatic N) is 3. The van der Waals surface area contributed by atoms with Gasteiger partial charge < -0.3 is 9.42 Å². The Balaban J connectivity index is 1.43. The molecule has 152 valence electrons. The van der Waals surface area contributed by atoms with Gasteiger partial charge in [-0.15, -0.1) is 0 Å². The van der Waals surface area contributed by atoms with E-state index in [0.29, 0.717) is 37.4 Å². The Bertz CT molecular complexity index is 924. The SMILES string of the molecule is Cc1noc(C)c1S(=O)(=O)N1CCC(C(=O)N2CCCC2c2ccsc2)CC1. The number of sulfonamides is 1. The average Bonchev–Trinajstić information content (AvgIpc) is 3.42. The van der Waals surface area contributed by atoms with Gasteiger partial charge in [-0.05, 0) is 61.9 Å². The molecule has 4 heterocycles. The van der Waals surface area contributed by atoms with E-state index in [9.17, 15) is 13.2 Å². The second kappa shape index (κ2) is 7.61. The third-order valence-corrected chi connectivity index (χ3v) is 8.68. The molecular weight excluding hydrogens is 398 g/mol. The van der Waals surface area contributed by atoms with E-state index >= 15 is 0 Å². The second-order valence-electron chi connectivity index (χ2n) is 7.58. The molecule has 2 aromatic heterocycles. The summed E-state index contributed by atoms with van der Waals surface area (Å²) in [5.41, 5.74) is 1.60. The van der Waals surface area contributed by atoms with Crippen molar-refractivity contribution in [2.45, 2.75) is 50.5 Å². The highest BCUT2D eigenvalue weighted by Gasteiger charge is 2.39. The molecule has 0 N–H and O–H groups in total. The van der Waals surface area contributed by atoms with Crippen LogP contribution in [0.4, 0.5) is 0 Å². The summed E-state index contributed by atoms with van der Waals surface area (Å²) in [6.45, 7) is 4.73. The molecule has 0 spiro atoms. The molecule has 1 amide bonds. The molecular formula is C19H25N3O4S2. The van der Waals surface area contributed by atoms with Gasteiger partial charge in [-0.25, -0.2) is 8.42 Å². The summed E-state index contributed by atoms with van der Waals surface area (Å²) in [4.78, 5) is 15.3. The van der Waals surface area contributed by atoms with Crippen LogP contribution in [0, 0.1) is 19.8 Å². The van der Waals surface area contributed by atoms with E-state index < -0.39 is 10.0 Å². The van der Waals surface area contributed by atoms with Gasteiger partial charge in [-0.1, -0.05) is 5.16 Å². The molecule has 4 rings (SSSR count). The summed E-state index contributed by atoms with van der Waals surface area (Å²) in [5, 5.41) is 7.93. The second-order valence-corrected chi connectivity index (χ2v) is 10.2. The first-order valence-electron chi connectivity index (χ1n) is 9.65. The third-order valence-electron chi connectivity index (χ3n) is 5.83. The molecule has 2 aliphatic rings. The van der Waals surface area contributed by atoms with Crippen LogP contribution >= 0.6 is 11.3 Å². The van der Waals surface area contributed by atoms with Crippen LogP contribution in [0.15, 0.2) is 26.2 Å². The minimum Gasteiger partial charge on any atom is -0.360 e. The highest BCUT2D eigenvalue weighted by atomic mass is 32.2. The largest absolute Gasteiger partial charge is 0.360 e. The fraction of sp³-hybridized carbons (Fsp3) is 0.579. The quantitative estimate of drug-likeness (QED) is 0.754. The van der Waals surface area contributed by atoms with Crippen molar-refractivity contribution in [3.8, 4) is 0 Å². The monoisotopic (exact) mass is 423 g/mol. The minimum absolute atomic E-state index is 0.115. The summed E-state index contributed by atoms with van der Waals surface area (Å²) < 4.78 is 32.4. The third kappa shape index (κ3) is 3.40. The van der Waals surface area contributed by atoms with Crippen molar-refractivity contribution in [3.63, 3.8) is 0 Å². The minimum atomic E-state index is -3.64. The number of hydrogen-bond donors (Lipinski definition) is 0. The number of aromatic nitrogens is 1. The number of hydrogen-bond acceptors (Lipinski definition) is 6. The Labute approximate surface area is 169 Å². The molecule has 28 heavy (non-hydrogen) atoms. The van der Waals surface area contributed by atoms with Gasteiger partial charge in [0.25, 0.3) is 0 Å². The zero-order valence-electron chi connectivity index (χ0n) is 16.1. The van der Waals surface area contributed by atoms with Gasteiger partial charge in [0.15, 0.2) is 5.76 Å². The summed E-state index contributed by atoms with van der Waals surface area (Å²) in [6, 6.07) is 2.27. The number of likely N-dealkylation sites (tertiary alicyclic amines) is 1. The summed E-state index contributed by atoms with van der Waals surface area (Å²) in [6.07, 6.45) is 3.12. The van der Waals surface area contributed by atoms with E-state index in [0.717, 1.165) is 19.4 Å². The van der Waals surface area contributed by atoms with Crippen molar-refractivity contribution in [3.05, 3.63) is 33.8 Å². The lowest BCUT2D eigenvalue weighted by Crippen LogP contribution is -2.44. The maximum Gasteiger partial charge on any atom is 0.248 e. The standard InChI is InChI=1S/C19H25N3O4S2/c1-13-18(14(2)26-20-13)28(24,25)21-9-5-15(6-10-21)19(23)22-8-3-4-17(22)16-7-11-27-12-16/h7,11-12,15,17H,3-6,8-10H2,1-2H3. The fourth-order valence-electron chi connectivity index (χ4n) is 4.39. The smallest absolute Gasteiger partial charge is 0.248 e. The number of rotatable bonds is 4. The molecule has 9 heteroatoms. The van der Waals surface area contributed by atoms with Gasteiger partial charge in [0, 0.05) is 25.6 Å². The van der Waals surface area contributed by atoms with E-state index in [4.69, 9.17) is 4.52 Å². The molecule has 1 atom stereocenters. The zero-order chi connectivity index (χ0) is 19.9.